The topological polar surface area (TPSA) is 29.5 Å². The first kappa shape index (κ1) is 13.4. The number of nitrogens with zero attached hydrogens (tertiary/aromatic N) is 1. The van der Waals surface area contributed by atoms with Gasteiger partial charge in [0, 0.05) is 12.1 Å². The maximum absolute atomic E-state index is 12.8. The zero-order chi connectivity index (χ0) is 13.9. The van der Waals surface area contributed by atoms with Crippen molar-refractivity contribution in [2.45, 2.75) is 50.6 Å². The van der Waals surface area contributed by atoms with Crippen LogP contribution in [0.3, 0.4) is 0 Å². The first-order valence-electron chi connectivity index (χ1n) is 7.43. The SMILES string of the molecule is O=C(COc1ccc(F)cc1)N(C1CCCC1)C1CC1. The van der Waals surface area contributed by atoms with Crippen molar-refractivity contribution in [2.75, 3.05) is 6.61 Å². The van der Waals surface area contributed by atoms with E-state index in [1.165, 1.54) is 25.0 Å². The molecule has 0 aliphatic heterocycles. The number of carbonyl (C=O) groups is 1. The number of hydrogen-bond donors (Lipinski definition) is 0. The number of carbonyl (C=O) groups excluding carboxylic acids is 1. The Labute approximate surface area is 118 Å². The van der Waals surface area contributed by atoms with Crippen LogP contribution < -0.4 is 4.74 Å². The Morgan fingerprint density at radius 2 is 1.70 bits per heavy atom. The van der Waals surface area contributed by atoms with Gasteiger partial charge >= 0.3 is 0 Å². The van der Waals surface area contributed by atoms with Crippen LogP contribution >= 0.6 is 0 Å². The zero-order valence-corrected chi connectivity index (χ0v) is 11.6. The molecule has 0 atom stereocenters. The molecule has 1 amide bonds. The van der Waals surface area contributed by atoms with Gasteiger partial charge in [0.2, 0.25) is 0 Å². The summed E-state index contributed by atoms with van der Waals surface area (Å²) in [6.07, 6.45) is 6.94. The van der Waals surface area contributed by atoms with E-state index < -0.39 is 0 Å². The van der Waals surface area contributed by atoms with Crippen LogP contribution in [0.4, 0.5) is 4.39 Å². The normalized spacial score (nSPS) is 19.1. The van der Waals surface area contributed by atoms with E-state index in [0.717, 1.165) is 25.7 Å². The summed E-state index contributed by atoms with van der Waals surface area (Å²) in [6.45, 7) is 0.0542. The molecule has 0 saturated heterocycles. The predicted molar refractivity (Wildman–Crippen MR) is 74.0 cm³/mol. The Morgan fingerprint density at radius 3 is 2.30 bits per heavy atom. The molecule has 2 aliphatic carbocycles. The third-order valence-corrected chi connectivity index (χ3v) is 4.12. The van der Waals surface area contributed by atoms with Crippen molar-refractivity contribution in [3.8, 4) is 5.75 Å². The number of benzene rings is 1. The largest absolute Gasteiger partial charge is 0.484 e. The molecule has 1 aromatic carbocycles. The van der Waals surface area contributed by atoms with Crippen LogP contribution in [0.2, 0.25) is 0 Å². The fourth-order valence-electron chi connectivity index (χ4n) is 2.99. The zero-order valence-electron chi connectivity index (χ0n) is 11.6. The highest BCUT2D eigenvalue weighted by atomic mass is 19.1. The summed E-state index contributed by atoms with van der Waals surface area (Å²) >= 11 is 0. The first-order chi connectivity index (χ1) is 9.74. The van der Waals surface area contributed by atoms with E-state index in [9.17, 15) is 9.18 Å². The van der Waals surface area contributed by atoms with Gasteiger partial charge in [-0.25, -0.2) is 4.39 Å². The molecule has 0 spiro atoms. The number of ether oxygens (including phenoxy) is 1. The van der Waals surface area contributed by atoms with Crippen molar-refractivity contribution in [3.63, 3.8) is 0 Å². The molecule has 0 radical (unpaired) electrons. The quantitative estimate of drug-likeness (QED) is 0.827. The molecule has 0 bridgehead atoms. The molecular weight excluding hydrogens is 257 g/mol. The van der Waals surface area contributed by atoms with Gasteiger partial charge in [-0.1, -0.05) is 12.8 Å². The lowest BCUT2D eigenvalue weighted by Crippen LogP contribution is -2.43. The molecule has 0 aromatic heterocycles. The lowest BCUT2D eigenvalue weighted by Gasteiger charge is -2.29. The second-order valence-corrected chi connectivity index (χ2v) is 5.71. The smallest absolute Gasteiger partial charge is 0.261 e. The highest BCUT2D eigenvalue weighted by Crippen LogP contribution is 2.34. The van der Waals surface area contributed by atoms with Crippen molar-refractivity contribution >= 4 is 5.91 Å². The van der Waals surface area contributed by atoms with E-state index in [-0.39, 0.29) is 18.3 Å². The summed E-state index contributed by atoms with van der Waals surface area (Å²) in [4.78, 5) is 14.4. The highest BCUT2D eigenvalue weighted by molar-refractivity contribution is 5.78. The van der Waals surface area contributed by atoms with Crippen LogP contribution in [0.25, 0.3) is 0 Å². The van der Waals surface area contributed by atoms with Gasteiger partial charge in [-0.2, -0.15) is 0 Å². The Hall–Kier alpha value is -1.58. The summed E-state index contributed by atoms with van der Waals surface area (Å²) in [7, 11) is 0. The Kier molecular flexibility index (Phi) is 3.90. The predicted octanol–water partition coefficient (Wildman–Crippen LogP) is 3.14. The van der Waals surface area contributed by atoms with Crippen molar-refractivity contribution in [3.05, 3.63) is 30.1 Å². The lowest BCUT2D eigenvalue weighted by atomic mass is 10.2. The number of halogens is 1. The summed E-state index contributed by atoms with van der Waals surface area (Å²) in [6, 6.07) is 6.64. The number of rotatable bonds is 5. The standard InChI is InChI=1S/C16H20FNO2/c17-12-5-9-15(10-6-12)20-11-16(19)18(14-7-8-14)13-3-1-2-4-13/h5-6,9-10,13-14H,1-4,7-8,11H2. The Bertz CT molecular complexity index is 464. The van der Waals surface area contributed by atoms with Crippen molar-refractivity contribution in [1.82, 2.24) is 4.90 Å². The summed E-state index contributed by atoms with van der Waals surface area (Å²) < 4.78 is 18.3. The third-order valence-electron chi connectivity index (χ3n) is 4.12. The minimum Gasteiger partial charge on any atom is -0.484 e. The van der Waals surface area contributed by atoms with Crippen LogP contribution in [0.15, 0.2) is 24.3 Å². The number of hydrogen-bond acceptors (Lipinski definition) is 2. The highest BCUT2D eigenvalue weighted by Gasteiger charge is 2.38. The van der Waals surface area contributed by atoms with Gasteiger partial charge in [0.15, 0.2) is 6.61 Å². The van der Waals surface area contributed by atoms with Crippen molar-refractivity contribution < 1.29 is 13.9 Å². The van der Waals surface area contributed by atoms with E-state index in [1.54, 1.807) is 12.1 Å². The van der Waals surface area contributed by atoms with Crippen LogP contribution in [0, 0.1) is 5.82 Å². The van der Waals surface area contributed by atoms with Crippen LogP contribution in [-0.4, -0.2) is 29.5 Å². The van der Waals surface area contributed by atoms with Gasteiger partial charge in [0.1, 0.15) is 11.6 Å². The molecule has 2 fully saturated rings. The monoisotopic (exact) mass is 277 g/mol. The lowest BCUT2D eigenvalue weighted by molar-refractivity contribution is -0.136. The van der Waals surface area contributed by atoms with Crippen LogP contribution in [0.5, 0.6) is 5.75 Å². The second kappa shape index (κ2) is 5.81. The molecule has 0 unspecified atom stereocenters. The van der Waals surface area contributed by atoms with E-state index in [4.69, 9.17) is 4.74 Å². The number of amides is 1. The molecule has 2 saturated carbocycles. The molecule has 1 aromatic rings. The van der Waals surface area contributed by atoms with Crippen molar-refractivity contribution in [2.24, 2.45) is 0 Å². The average molecular weight is 277 g/mol. The summed E-state index contributed by atoms with van der Waals surface area (Å²) in [5.74, 6) is 0.319. The van der Waals surface area contributed by atoms with Crippen LogP contribution in [0.1, 0.15) is 38.5 Å². The molecule has 108 valence electrons. The van der Waals surface area contributed by atoms with Gasteiger partial charge in [0.25, 0.3) is 5.91 Å². The van der Waals surface area contributed by atoms with Gasteiger partial charge in [0.05, 0.1) is 0 Å². The van der Waals surface area contributed by atoms with Gasteiger partial charge in [-0.3, -0.25) is 4.79 Å². The van der Waals surface area contributed by atoms with E-state index in [2.05, 4.69) is 4.90 Å². The Balaban J connectivity index is 1.57. The van der Waals surface area contributed by atoms with Crippen LogP contribution in [-0.2, 0) is 4.79 Å². The molecule has 3 nitrogen and oxygen atoms in total. The van der Waals surface area contributed by atoms with Gasteiger partial charge in [-0.05, 0) is 49.9 Å². The summed E-state index contributed by atoms with van der Waals surface area (Å²) in [5.41, 5.74) is 0. The summed E-state index contributed by atoms with van der Waals surface area (Å²) in [5, 5.41) is 0. The van der Waals surface area contributed by atoms with E-state index >= 15 is 0 Å². The van der Waals surface area contributed by atoms with Gasteiger partial charge < -0.3 is 9.64 Å². The first-order valence-corrected chi connectivity index (χ1v) is 7.43. The maximum Gasteiger partial charge on any atom is 0.261 e. The molecule has 0 heterocycles. The van der Waals surface area contributed by atoms with Crippen molar-refractivity contribution in [1.29, 1.82) is 0 Å². The molecule has 2 aliphatic rings. The molecule has 0 N–H and O–H groups in total. The molecule has 3 rings (SSSR count). The minimum atomic E-state index is -0.297. The third kappa shape index (κ3) is 3.11. The maximum atomic E-state index is 12.8. The Morgan fingerprint density at radius 1 is 1.10 bits per heavy atom. The van der Waals surface area contributed by atoms with E-state index in [0.29, 0.717) is 17.8 Å². The fourth-order valence-corrected chi connectivity index (χ4v) is 2.99. The molecular formula is C16H20FNO2. The molecule has 20 heavy (non-hydrogen) atoms. The molecule has 4 heteroatoms. The average Bonchev–Trinajstić information content (AvgIpc) is 3.13. The fraction of sp³-hybridized carbons (Fsp3) is 0.562. The second-order valence-electron chi connectivity index (χ2n) is 5.71. The minimum absolute atomic E-state index is 0.0542. The van der Waals surface area contributed by atoms with Gasteiger partial charge in [-0.15, -0.1) is 0 Å². The van der Waals surface area contributed by atoms with E-state index in [1.807, 2.05) is 0 Å².